The number of aryl methyl sites for hydroxylation is 1. The molecule has 2 aromatic rings. The van der Waals surface area contributed by atoms with Crippen molar-refractivity contribution < 1.29 is 9.53 Å². The monoisotopic (exact) mass is 369 g/mol. The summed E-state index contributed by atoms with van der Waals surface area (Å²) in [5, 5.41) is 3.06. The molecule has 146 valence electrons. The zero-order chi connectivity index (χ0) is 19.4. The number of carbonyl (C=O) groups is 1. The van der Waals surface area contributed by atoms with Gasteiger partial charge in [-0.25, -0.2) is 4.98 Å². The molecule has 5 nitrogen and oxygen atoms in total. The standard InChI is InChI=1S/C22H31N3O2/c1-15(2)13-24-22(26)12-19(17-8-6-9-18(11-17)27-4)20-14-23-21-10-5-7-16(3)25(20)21/h6,8-9,11,14-16,19H,5,7,10,12-13H2,1-4H3,(H,24,26)/t16-,19-/m1/s1. The van der Waals surface area contributed by atoms with Crippen LogP contribution in [-0.2, 0) is 11.2 Å². The Labute approximate surface area is 162 Å². The Bertz CT molecular complexity index is 782. The topological polar surface area (TPSA) is 56.1 Å². The van der Waals surface area contributed by atoms with Crippen molar-refractivity contribution in [3.05, 3.63) is 47.5 Å². The van der Waals surface area contributed by atoms with Crippen LogP contribution in [0.1, 0.15) is 69.1 Å². The van der Waals surface area contributed by atoms with Gasteiger partial charge in [0.15, 0.2) is 0 Å². The number of amides is 1. The summed E-state index contributed by atoms with van der Waals surface area (Å²) in [6.45, 7) is 7.16. The number of rotatable bonds is 7. The summed E-state index contributed by atoms with van der Waals surface area (Å²) >= 11 is 0. The van der Waals surface area contributed by atoms with Gasteiger partial charge in [-0.2, -0.15) is 0 Å². The lowest BCUT2D eigenvalue weighted by molar-refractivity contribution is -0.121. The van der Waals surface area contributed by atoms with Crippen LogP contribution < -0.4 is 10.1 Å². The zero-order valence-corrected chi connectivity index (χ0v) is 16.9. The number of fused-ring (bicyclic) bond motifs is 1. The molecular formula is C22H31N3O2. The first-order valence-corrected chi connectivity index (χ1v) is 9.96. The van der Waals surface area contributed by atoms with Gasteiger partial charge in [-0.05, 0) is 43.4 Å². The lowest BCUT2D eigenvalue weighted by Gasteiger charge is -2.27. The van der Waals surface area contributed by atoms with E-state index in [1.54, 1.807) is 7.11 Å². The Morgan fingerprint density at radius 1 is 1.41 bits per heavy atom. The predicted octanol–water partition coefficient (Wildman–Crippen LogP) is 4.08. The van der Waals surface area contributed by atoms with Crippen molar-refractivity contribution in [1.29, 1.82) is 0 Å². The van der Waals surface area contributed by atoms with Gasteiger partial charge in [-0.3, -0.25) is 4.79 Å². The second-order valence-electron chi connectivity index (χ2n) is 7.94. The number of methoxy groups -OCH3 is 1. The van der Waals surface area contributed by atoms with Gasteiger partial charge >= 0.3 is 0 Å². The molecule has 1 aliphatic heterocycles. The maximum absolute atomic E-state index is 12.7. The van der Waals surface area contributed by atoms with E-state index in [0.717, 1.165) is 35.7 Å². The summed E-state index contributed by atoms with van der Waals surface area (Å²) in [7, 11) is 1.67. The number of nitrogens with one attached hydrogen (secondary N) is 1. The fourth-order valence-electron chi connectivity index (χ4n) is 3.88. The number of aromatic nitrogens is 2. The van der Waals surface area contributed by atoms with Crippen LogP contribution in [0.3, 0.4) is 0 Å². The number of nitrogens with zero attached hydrogens (tertiary/aromatic N) is 2. The maximum Gasteiger partial charge on any atom is 0.221 e. The third-order valence-corrected chi connectivity index (χ3v) is 5.32. The Morgan fingerprint density at radius 3 is 2.96 bits per heavy atom. The first kappa shape index (κ1) is 19.5. The molecule has 5 heteroatoms. The van der Waals surface area contributed by atoms with Crippen molar-refractivity contribution in [3.8, 4) is 5.75 Å². The van der Waals surface area contributed by atoms with E-state index in [9.17, 15) is 4.79 Å². The summed E-state index contributed by atoms with van der Waals surface area (Å²) in [5.41, 5.74) is 2.22. The van der Waals surface area contributed by atoms with Crippen molar-refractivity contribution >= 4 is 5.91 Å². The number of imidazole rings is 1. The molecule has 2 atom stereocenters. The highest BCUT2D eigenvalue weighted by Crippen LogP contribution is 2.35. The van der Waals surface area contributed by atoms with Crippen LogP contribution >= 0.6 is 0 Å². The van der Waals surface area contributed by atoms with Gasteiger partial charge in [0.2, 0.25) is 5.91 Å². The van der Waals surface area contributed by atoms with Gasteiger partial charge in [0.1, 0.15) is 11.6 Å². The van der Waals surface area contributed by atoms with E-state index in [2.05, 4.69) is 41.7 Å². The molecule has 1 amide bonds. The van der Waals surface area contributed by atoms with E-state index in [1.165, 1.54) is 6.42 Å². The summed E-state index contributed by atoms with van der Waals surface area (Å²) < 4.78 is 7.77. The molecule has 0 aliphatic carbocycles. The van der Waals surface area contributed by atoms with Crippen molar-refractivity contribution in [2.75, 3.05) is 13.7 Å². The Kier molecular flexibility index (Phi) is 6.19. The average Bonchev–Trinajstić information content (AvgIpc) is 3.09. The van der Waals surface area contributed by atoms with E-state index >= 15 is 0 Å². The molecule has 0 fully saturated rings. The highest BCUT2D eigenvalue weighted by atomic mass is 16.5. The first-order chi connectivity index (χ1) is 13.0. The van der Waals surface area contributed by atoms with Gasteiger partial charge in [-0.15, -0.1) is 0 Å². The molecule has 0 radical (unpaired) electrons. The molecule has 1 aromatic heterocycles. The summed E-state index contributed by atoms with van der Waals surface area (Å²) in [6.07, 6.45) is 5.72. The molecule has 1 aliphatic rings. The van der Waals surface area contributed by atoms with Crippen molar-refractivity contribution in [1.82, 2.24) is 14.9 Å². The van der Waals surface area contributed by atoms with Gasteiger partial charge < -0.3 is 14.6 Å². The number of hydrogen-bond acceptors (Lipinski definition) is 3. The number of carbonyl (C=O) groups excluding carboxylic acids is 1. The van der Waals surface area contributed by atoms with Gasteiger partial charge in [0, 0.05) is 43.2 Å². The minimum absolute atomic E-state index is 0.0333. The molecular weight excluding hydrogens is 338 g/mol. The molecule has 3 rings (SSSR count). The quantitative estimate of drug-likeness (QED) is 0.800. The Balaban J connectivity index is 1.95. The average molecular weight is 370 g/mol. The van der Waals surface area contributed by atoms with Crippen molar-refractivity contribution in [2.24, 2.45) is 5.92 Å². The molecule has 2 heterocycles. The molecule has 0 saturated heterocycles. The molecule has 0 unspecified atom stereocenters. The van der Waals surface area contributed by atoms with Crippen LogP contribution in [0.4, 0.5) is 0 Å². The van der Waals surface area contributed by atoms with Crippen LogP contribution in [0, 0.1) is 5.92 Å². The van der Waals surface area contributed by atoms with Crippen LogP contribution in [0.5, 0.6) is 5.75 Å². The Hall–Kier alpha value is -2.30. The van der Waals surface area contributed by atoms with E-state index in [4.69, 9.17) is 4.74 Å². The lowest BCUT2D eigenvalue weighted by Crippen LogP contribution is -2.29. The fraction of sp³-hybridized carbons (Fsp3) is 0.545. The van der Waals surface area contributed by atoms with Gasteiger partial charge in [0.05, 0.1) is 7.11 Å². The van der Waals surface area contributed by atoms with Crippen LogP contribution in [0.15, 0.2) is 30.5 Å². The minimum atomic E-state index is -0.0333. The lowest BCUT2D eigenvalue weighted by atomic mass is 9.91. The molecule has 0 saturated carbocycles. The fourth-order valence-corrected chi connectivity index (χ4v) is 3.88. The highest BCUT2D eigenvalue weighted by Gasteiger charge is 2.27. The van der Waals surface area contributed by atoms with Crippen LogP contribution in [-0.4, -0.2) is 29.1 Å². The second-order valence-corrected chi connectivity index (χ2v) is 7.94. The summed E-state index contributed by atoms with van der Waals surface area (Å²) in [6, 6.07) is 8.46. The van der Waals surface area contributed by atoms with Crippen LogP contribution in [0.25, 0.3) is 0 Å². The van der Waals surface area contributed by atoms with Gasteiger partial charge in [0.25, 0.3) is 0 Å². The minimum Gasteiger partial charge on any atom is -0.497 e. The molecule has 0 bridgehead atoms. The molecule has 1 N–H and O–H groups in total. The first-order valence-electron chi connectivity index (χ1n) is 9.96. The van der Waals surface area contributed by atoms with E-state index in [0.29, 0.717) is 24.9 Å². The Morgan fingerprint density at radius 2 is 2.22 bits per heavy atom. The molecule has 27 heavy (non-hydrogen) atoms. The van der Waals surface area contributed by atoms with Crippen molar-refractivity contribution in [3.63, 3.8) is 0 Å². The van der Waals surface area contributed by atoms with Gasteiger partial charge in [-0.1, -0.05) is 26.0 Å². The van der Waals surface area contributed by atoms with E-state index < -0.39 is 0 Å². The number of ether oxygens (including phenoxy) is 1. The number of hydrogen-bond donors (Lipinski definition) is 1. The van der Waals surface area contributed by atoms with Crippen LogP contribution in [0.2, 0.25) is 0 Å². The third kappa shape index (κ3) is 4.52. The zero-order valence-electron chi connectivity index (χ0n) is 16.9. The molecule has 0 spiro atoms. The maximum atomic E-state index is 12.7. The largest absolute Gasteiger partial charge is 0.497 e. The highest BCUT2D eigenvalue weighted by molar-refractivity contribution is 5.77. The number of benzene rings is 1. The smallest absolute Gasteiger partial charge is 0.221 e. The SMILES string of the molecule is COc1cccc([C@@H](CC(=O)NCC(C)C)c2cnc3n2[C@H](C)CCC3)c1. The van der Waals surface area contributed by atoms with E-state index in [1.807, 2.05) is 24.4 Å². The third-order valence-electron chi connectivity index (χ3n) is 5.32. The van der Waals surface area contributed by atoms with E-state index in [-0.39, 0.29) is 11.8 Å². The molecule has 1 aromatic carbocycles. The predicted molar refractivity (Wildman–Crippen MR) is 107 cm³/mol. The summed E-state index contributed by atoms with van der Waals surface area (Å²) in [5.74, 6) is 2.43. The second kappa shape index (κ2) is 8.59. The normalized spacial score (nSPS) is 17.4. The van der Waals surface area contributed by atoms with Crippen molar-refractivity contribution in [2.45, 2.75) is 58.4 Å². The summed E-state index contributed by atoms with van der Waals surface area (Å²) in [4.78, 5) is 17.3.